The average molecular weight is 249 g/mol. The SMILES string of the molecule is C=CC(C)Oc1ccc(CNCCC)cc1OC. The molecule has 1 N–H and O–H groups in total. The second-order valence-corrected chi connectivity index (χ2v) is 4.22. The molecule has 1 aromatic carbocycles. The quantitative estimate of drug-likeness (QED) is 0.567. The standard InChI is InChI=1S/C15H23NO2/c1-5-9-16-11-13-7-8-14(15(10-13)17-4)18-12(3)6-2/h6-8,10,12,16H,2,5,9,11H2,1,3-4H3. The lowest BCUT2D eigenvalue weighted by atomic mass is 10.2. The molecule has 0 heterocycles. The number of ether oxygens (including phenoxy) is 2. The monoisotopic (exact) mass is 249 g/mol. The van der Waals surface area contributed by atoms with E-state index in [1.54, 1.807) is 13.2 Å². The van der Waals surface area contributed by atoms with Gasteiger partial charge in [-0.05, 0) is 37.6 Å². The third-order valence-electron chi connectivity index (χ3n) is 2.63. The van der Waals surface area contributed by atoms with Crippen molar-refractivity contribution in [3.05, 3.63) is 36.4 Å². The summed E-state index contributed by atoms with van der Waals surface area (Å²) < 4.78 is 11.1. The molecule has 1 unspecified atom stereocenters. The molecule has 1 rings (SSSR count). The number of nitrogens with one attached hydrogen (secondary N) is 1. The lowest BCUT2D eigenvalue weighted by molar-refractivity contribution is 0.254. The van der Waals surface area contributed by atoms with E-state index in [0.29, 0.717) is 0 Å². The predicted octanol–water partition coefficient (Wildman–Crippen LogP) is 3.15. The molecule has 0 bridgehead atoms. The van der Waals surface area contributed by atoms with Crippen LogP contribution in [0.2, 0.25) is 0 Å². The summed E-state index contributed by atoms with van der Waals surface area (Å²) in [7, 11) is 1.66. The van der Waals surface area contributed by atoms with Crippen LogP contribution in [-0.2, 0) is 6.54 Å². The molecule has 100 valence electrons. The smallest absolute Gasteiger partial charge is 0.162 e. The molecule has 0 amide bonds. The third kappa shape index (κ3) is 4.41. The Hall–Kier alpha value is -1.48. The van der Waals surface area contributed by atoms with E-state index < -0.39 is 0 Å². The van der Waals surface area contributed by atoms with Crippen LogP contribution in [0, 0.1) is 0 Å². The topological polar surface area (TPSA) is 30.5 Å². The van der Waals surface area contributed by atoms with Gasteiger partial charge in [0.05, 0.1) is 7.11 Å². The molecule has 18 heavy (non-hydrogen) atoms. The van der Waals surface area contributed by atoms with Crippen LogP contribution in [0.25, 0.3) is 0 Å². The van der Waals surface area contributed by atoms with Crippen molar-refractivity contribution >= 4 is 0 Å². The summed E-state index contributed by atoms with van der Waals surface area (Å²) >= 11 is 0. The van der Waals surface area contributed by atoms with Gasteiger partial charge in [-0.3, -0.25) is 0 Å². The largest absolute Gasteiger partial charge is 0.493 e. The van der Waals surface area contributed by atoms with Gasteiger partial charge in [0.2, 0.25) is 0 Å². The first-order chi connectivity index (χ1) is 8.71. The number of hydrogen-bond donors (Lipinski definition) is 1. The lowest BCUT2D eigenvalue weighted by Gasteiger charge is -2.15. The summed E-state index contributed by atoms with van der Waals surface area (Å²) in [4.78, 5) is 0. The van der Waals surface area contributed by atoms with Gasteiger partial charge < -0.3 is 14.8 Å². The van der Waals surface area contributed by atoms with Crippen molar-refractivity contribution < 1.29 is 9.47 Å². The van der Waals surface area contributed by atoms with Crippen LogP contribution in [0.3, 0.4) is 0 Å². The summed E-state index contributed by atoms with van der Waals surface area (Å²) in [5.41, 5.74) is 1.19. The van der Waals surface area contributed by atoms with Crippen molar-refractivity contribution in [2.75, 3.05) is 13.7 Å². The van der Waals surface area contributed by atoms with Crippen LogP contribution >= 0.6 is 0 Å². The van der Waals surface area contributed by atoms with Gasteiger partial charge in [-0.25, -0.2) is 0 Å². The van der Waals surface area contributed by atoms with E-state index in [0.717, 1.165) is 31.0 Å². The van der Waals surface area contributed by atoms with Gasteiger partial charge in [-0.1, -0.05) is 25.6 Å². The molecular formula is C15H23NO2. The molecule has 0 spiro atoms. The maximum absolute atomic E-state index is 5.70. The van der Waals surface area contributed by atoms with E-state index in [1.165, 1.54) is 5.56 Å². The van der Waals surface area contributed by atoms with Gasteiger partial charge in [-0.2, -0.15) is 0 Å². The molecule has 0 aliphatic rings. The Morgan fingerprint density at radius 3 is 2.78 bits per heavy atom. The van der Waals surface area contributed by atoms with Gasteiger partial charge >= 0.3 is 0 Å². The van der Waals surface area contributed by atoms with E-state index in [2.05, 4.69) is 24.9 Å². The number of rotatable bonds is 8. The number of methoxy groups -OCH3 is 1. The maximum Gasteiger partial charge on any atom is 0.162 e. The van der Waals surface area contributed by atoms with Gasteiger partial charge in [0.15, 0.2) is 11.5 Å². The van der Waals surface area contributed by atoms with Crippen LogP contribution in [0.5, 0.6) is 11.5 Å². The van der Waals surface area contributed by atoms with E-state index in [9.17, 15) is 0 Å². The lowest BCUT2D eigenvalue weighted by Crippen LogP contribution is -2.14. The maximum atomic E-state index is 5.70. The molecule has 3 nitrogen and oxygen atoms in total. The molecule has 3 heteroatoms. The Labute approximate surface area is 110 Å². The van der Waals surface area contributed by atoms with Gasteiger partial charge in [0, 0.05) is 6.54 Å². The summed E-state index contributed by atoms with van der Waals surface area (Å²) in [5, 5.41) is 3.36. The van der Waals surface area contributed by atoms with Gasteiger partial charge in [0.25, 0.3) is 0 Å². The zero-order valence-corrected chi connectivity index (χ0v) is 11.5. The minimum atomic E-state index is -0.0250. The Morgan fingerprint density at radius 2 is 2.17 bits per heavy atom. The second-order valence-electron chi connectivity index (χ2n) is 4.22. The van der Waals surface area contributed by atoms with Crippen molar-refractivity contribution in [1.29, 1.82) is 0 Å². The highest BCUT2D eigenvalue weighted by Gasteiger charge is 2.07. The molecule has 0 fully saturated rings. The van der Waals surface area contributed by atoms with Crippen molar-refractivity contribution in [1.82, 2.24) is 5.32 Å². The molecule has 0 aliphatic carbocycles. The van der Waals surface area contributed by atoms with E-state index in [4.69, 9.17) is 9.47 Å². The fourth-order valence-corrected chi connectivity index (χ4v) is 1.58. The van der Waals surface area contributed by atoms with E-state index in [-0.39, 0.29) is 6.10 Å². The first-order valence-corrected chi connectivity index (χ1v) is 6.38. The molecule has 0 aliphatic heterocycles. The highest BCUT2D eigenvalue weighted by Crippen LogP contribution is 2.29. The molecule has 0 saturated heterocycles. The Kier molecular flexibility index (Phi) is 6.29. The summed E-state index contributed by atoms with van der Waals surface area (Å²) in [5.74, 6) is 1.52. The Bertz CT molecular complexity index is 377. The van der Waals surface area contributed by atoms with Gasteiger partial charge in [-0.15, -0.1) is 0 Å². The van der Waals surface area contributed by atoms with Crippen LogP contribution in [0.1, 0.15) is 25.8 Å². The molecule has 1 atom stereocenters. The zero-order chi connectivity index (χ0) is 13.4. The first-order valence-electron chi connectivity index (χ1n) is 6.38. The van der Waals surface area contributed by atoms with Crippen LogP contribution < -0.4 is 14.8 Å². The van der Waals surface area contributed by atoms with Crippen molar-refractivity contribution in [3.63, 3.8) is 0 Å². The number of hydrogen-bond acceptors (Lipinski definition) is 3. The van der Waals surface area contributed by atoms with Crippen molar-refractivity contribution in [3.8, 4) is 11.5 Å². The molecule has 0 radical (unpaired) electrons. The molecular weight excluding hydrogens is 226 g/mol. The summed E-state index contributed by atoms with van der Waals surface area (Å²) in [6.07, 6.45) is 2.87. The average Bonchev–Trinajstić information content (AvgIpc) is 2.40. The van der Waals surface area contributed by atoms with Crippen LogP contribution in [0.15, 0.2) is 30.9 Å². The molecule has 1 aromatic rings. The minimum Gasteiger partial charge on any atom is -0.493 e. The highest BCUT2D eigenvalue weighted by atomic mass is 16.5. The third-order valence-corrected chi connectivity index (χ3v) is 2.63. The highest BCUT2D eigenvalue weighted by molar-refractivity contribution is 5.43. The Morgan fingerprint density at radius 1 is 1.39 bits per heavy atom. The molecule has 0 saturated carbocycles. The second kappa shape index (κ2) is 7.77. The summed E-state index contributed by atoms with van der Waals surface area (Å²) in [6.45, 7) is 9.68. The zero-order valence-electron chi connectivity index (χ0n) is 11.5. The fraction of sp³-hybridized carbons (Fsp3) is 0.467. The van der Waals surface area contributed by atoms with E-state index in [1.807, 2.05) is 19.1 Å². The normalized spacial score (nSPS) is 11.9. The van der Waals surface area contributed by atoms with Crippen LogP contribution in [0.4, 0.5) is 0 Å². The predicted molar refractivity (Wildman–Crippen MR) is 75.3 cm³/mol. The minimum absolute atomic E-state index is 0.0250. The molecule has 0 aromatic heterocycles. The number of benzene rings is 1. The van der Waals surface area contributed by atoms with Crippen molar-refractivity contribution in [2.24, 2.45) is 0 Å². The first kappa shape index (κ1) is 14.6. The van der Waals surface area contributed by atoms with Gasteiger partial charge in [0.1, 0.15) is 6.10 Å². The van der Waals surface area contributed by atoms with E-state index >= 15 is 0 Å². The van der Waals surface area contributed by atoms with Crippen molar-refractivity contribution in [2.45, 2.75) is 32.9 Å². The Balaban J connectivity index is 2.73. The summed E-state index contributed by atoms with van der Waals surface area (Å²) in [6, 6.07) is 6.01. The fourth-order valence-electron chi connectivity index (χ4n) is 1.58. The van der Waals surface area contributed by atoms with Crippen LogP contribution in [-0.4, -0.2) is 19.8 Å².